The van der Waals surface area contributed by atoms with Crippen LogP contribution in [0.25, 0.3) is 0 Å². The molecule has 4 aromatic carbocycles. The molecule has 4 aromatic rings. The van der Waals surface area contributed by atoms with Crippen LogP contribution in [0, 0.1) is 23.3 Å². The Bertz CT molecular complexity index is 1620. The van der Waals surface area contributed by atoms with Crippen molar-refractivity contribution in [3.05, 3.63) is 129 Å². The topological polar surface area (TPSA) is 83.5 Å². The summed E-state index contributed by atoms with van der Waals surface area (Å²) in [5.74, 6) is -12.9. The third-order valence-corrected chi connectivity index (χ3v) is 7.82. The van der Waals surface area contributed by atoms with Crippen LogP contribution in [-0.4, -0.2) is 18.9 Å². The van der Waals surface area contributed by atoms with Crippen molar-refractivity contribution in [1.29, 1.82) is 0 Å². The average molecular weight is 525 g/mol. The van der Waals surface area contributed by atoms with E-state index >= 15 is 0 Å². The second-order valence-electron chi connectivity index (χ2n) is 8.70. The molecular formula is C27H13F4O5S-. The van der Waals surface area contributed by atoms with E-state index in [0.29, 0.717) is 16.7 Å². The van der Waals surface area contributed by atoms with Crippen LogP contribution < -0.4 is 4.74 Å². The average Bonchev–Trinajstić information content (AvgIpc) is 2.88. The Morgan fingerprint density at radius 1 is 0.703 bits per heavy atom. The van der Waals surface area contributed by atoms with Gasteiger partial charge in [-0.3, -0.25) is 0 Å². The number of esters is 1. The van der Waals surface area contributed by atoms with E-state index in [-0.39, 0.29) is 5.92 Å². The maximum Gasteiger partial charge on any atom is 0.331 e. The van der Waals surface area contributed by atoms with Gasteiger partial charge in [0.1, 0.15) is 20.4 Å². The fraction of sp³-hybridized carbons (Fsp3) is 0.0741. The molecule has 10 heteroatoms. The van der Waals surface area contributed by atoms with E-state index in [4.69, 9.17) is 4.74 Å². The first kappa shape index (κ1) is 23.4. The van der Waals surface area contributed by atoms with Crippen molar-refractivity contribution < 1.29 is 40.1 Å². The summed E-state index contributed by atoms with van der Waals surface area (Å²) >= 11 is 0. The minimum absolute atomic E-state index is 0.247. The summed E-state index contributed by atoms with van der Waals surface area (Å²) in [4.78, 5) is 11.7. The van der Waals surface area contributed by atoms with Crippen LogP contribution in [-0.2, 0) is 20.3 Å². The Balaban J connectivity index is 1.63. The molecule has 0 N–H and O–H groups in total. The summed E-state index contributed by atoms with van der Waals surface area (Å²) in [7, 11) is -5.93. The first-order valence-electron chi connectivity index (χ1n) is 10.9. The van der Waals surface area contributed by atoms with E-state index in [9.17, 15) is 35.3 Å². The highest BCUT2D eigenvalue weighted by molar-refractivity contribution is 7.85. The van der Waals surface area contributed by atoms with E-state index in [1.807, 2.05) is 18.2 Å². The van der Waals surface area contributed by atoms with Crippen LogP contribution in [0.3, 0.4) is 0 Å². The predicted molar refractivity (Wildman–Crippen MR) is 120 cm³/mol. The molecule has 0 fully saturated rings. The van der Waals surface area contributed by atoms with E-state index in [1.54, 1.807) is 54.6 Å². The molecule has 5 nitrogen and oxygen atoms in total. The molecule has 0 saturated heterocycles. The summed E-state index contributed by atoms with van der Waals surface area (Å²) in [6, 6.07) is 20.8. The molecule has 0 spiro atoms. The Labute approximate surface area is 207 Å². The SMILES string of the molecule is O=C(Oc1c(F)c(F)c(S(=O)(=O)[O-])c(F)c1F)C12c3ccccc3C(c3ccccc31)c1ccccc12. The van der Waals surface area contributed by atoms with Crippen molar-refractivity contribution in [2.24, 2.45) is 0 Å². The van der Waals surface area contributed by atoms with Crippen LogP contribution in [0.2, 0.25) is 0 Å². The van der Waals surface area contributed by atoms with Gasteiger partial charge in [0.05, 0.1) is 0 Å². The predicted octanol–water partition coefficient (Wildman–Crippen LogP) is 4.89. The maximum atomic E-state index is 14.8. The molecule has 0 aromatic heterocycles. The first-order valence-corrected chi connectivity index (χ1v) is 12.3. The van der Waals surface area contributed by atoms with Gasteiger partial charge in [-0.2, -0.15) is 8.78 Å². The van der Waals surface area contributed by atoms with Gasteiger partial charge in [-0.1, -0.05) is 72.8 Å². The van der Waals surface area contributed by atoms with Gasteiger partial charge in [0.15, 0.2) is 11.6 Å². The molecule has 3 aliphatic carbocycles. The van der Waals surface area contributed by atoms with Gasteiger partial charge in [-0.15, -0.1) is 0 Å². The number of hydrogen-bond donors (Lipinski definition) is 0. The van der Waals surface area contributed by atoms with Crippen molar-refractivity contribution in [3.63, 3.8) is 0 Å². The number of carbonyl (C=O) groups excluding carboxylic acids is 1. The number of benzene rings is 4. The van der Waals surface area contributed by atoms with Crippen LogP contribution in [0.1, 0.15) is 39.3 Å². The Kier molecular flexibility index (Phi) is 4.89. The number of carbonyl (C=O) groups is 1. The highest BCUT2D eigenvalue weighted by atomic mass is 32.2. The molecule has 37 heavy (non-hydrogen) atoms. The summed E-state index contributed by atoms with van der Waals surface area (Å²) in [6.45, 7) is 0. The molecule has 2 bridgehead atoms. The van der Waals surface area contributed by atoms with Gasteiger partial charge in [0, 0.05) is 5.92 Å². The molecule has 0 amide bonds. The molecular weight excluding hydrogens is 512 g/mol. The third kappa shape index (κ3) is 2.93. The van der Waals surface area contributed by atoms with Gasteiger partial charge >= 0.3 is 5.97 Å². The number of hydrogen-bond acceptors (Lipinski definition) is 5. The van der Waals surface area contributed by atoms with E-state index in [0.717, 1.165) is 16.7 Å². The van der Waals surface area contributed by atoms with Crippen molar-refractivity contribution in [2.45, 2.75) is 16.2 Å². The second kappa shape index (κ2) is 7.74. The van der Waals surface area contributed by atoms with Crippen LogP contribution in [0.15, 0.2) is 77.7 Å². The van der Waals surface area contributed by atoms with Gasteiger partial charge in [-0.05, 0) is 33.4 Å². The molecule has 0 heterocycles. The Morgan fingerprint density at radius 2 is 1.08 bits per heavy atom. The second-order valence-corrected chi connectivity index (χ2v) is 10.0. The highest BCUT2D eigenvalue weighted by Crippen LogP contribution is 2.59. The first-order chi connectivity index (χ1) is 17.6. The van der Waals surface area contributed by atoms with Crippen molar-refractivity contribution in [2.75, 3.05) is 0 Å². The van der Waals surface area contributed by atoms with Crippen molar-refractivity contribution >= 4 is 16.1 Å². The van der Waals surface area contributed by atoms with Gasteiger partial charge < -0.3 is 9.29 Å². The van der Waals surface area contributed by atoms with E-state index < -0.39 is 55.4 Å². The van der Waals surface area contributed by atoms with E-state index in [2.05, 4.69) is 0 Å². The number of ether oxygens (including phenoxy) is 1. The van der Waals surface area contributed by atoms with Crippen molar-refractivity contribution in [1.82, 2.24) is 0 Å². The standard InChI is InChI=1S/C27H14F4O5S/c28-20-22(30)25(37(33,34)35)23(31)21(29)24(20)36-26(32)27-16-10-4-1-7-13(16)19(14-8-2-5-11-17(14)27)15-9-3-6-12-18(15)27/h1-12,19H,(H,33,34,35)/p-1. The third-order valence-electron chi connectivity index (χ3n) is 6.96. The fourth-order valence-electron chi connectivity index (χ4n) is 5.61. The number of rotatable bonds is 3. The smallest absolute Gasteiger partial charge is 0.331 e. The summed E-state index contributed by atoms with van der Waals surface area (Å²) in [5, 5.41) is 0. The summed E-state index contributed by atoms with van der Waals surface area (Å²) in [5.41, 5.74) is 1.83. The molecule has 0 radical (unpaired) electrons. The Morgan fingerprint density at radius 3 is 1.46 bits per heavy atom. The summed E-state index contributed by atoms with van der Waals surface area (Å²) < 4.78 is 97.2. The lowest BCUT2D eigenvalue weighted by molar-refractivity contribution is -0.138. The molecule has 0 saturated carbocycles. The minimum Gasteiger partial charge on any atom is -0.744 e. The molecule has 0 unspecified atom stereocenters. The lowest BCUT2D eigenvalue weighted by atomic mass is 9.53. The fourth-order valence-corrected chi connectivity index (χ4v) is 6.23. The monoisotopic (exact) mass is 525 g/mol. The lowest BCUT2D eigenvalue weighted by Crippen LogP contribution is -2.49. The van der Waals surface area contributed by atoms with Crippen LogP contribution in [0.4, 0.5) is 17.6 Å². The van der Waals surface area contributed by atoms with Gasteiger partial charge in [0.25, 0.3) is 0 Å². The lowest BCUT2D eigenvalue weighted by Gasteiger charge is -2.48. The minimum atomic E-state index is -5.93. The normalized spacial score (nSPS) is 19.1. The van der Waals surface area contributed by atoms with Crippen LogP contribution >= 0.6 is 0 Å². The van der Waals surface area contributed by atoms with E-state index in [1.165, 1.54) is 0 Å². The molecule has 0 aliphatic heterocycles. The molecule has 3 aliphatic rings. The highest BCUT2D eigenvalue weighted by Gasteiger charge is 2.57. The molecule has 186 valence electrons. The largest absolute Gasteiger partial charge is 0.744 e. The van der Waals surface area contributed by atoms with Crippen molar-refractivity contribution in [3.8, 4) is 5.75 Å². The van der Waals surface area contributed by atoms with Gasteiger partial charge in [-0.25, -0.2) is 22.0 Å². The Hall–Kier alpha value is -4.02. The zero-order valence-electron chi connectivity index (χ0n) is 18.5. The maximum absolute atomic E-state index is 14.8. The zero-order chi connectivity index (χ0) is 26.3. The summed E-state index contributed by atoms with van der Waals surface area (Å²) in [6.07, 6.45) is 0. The van der Waals surface area contributed by atoms with Crippen LogP contribution in [0.5, 0.6) is 5.75 Å². The molecule has 0 atom stereocenters. The zero-order valence-corrected chi connectivity index (χ0v) is 19.3. The van der Waals surface area contributed by atoms with Gasteiger partial charge in [0.2, 0.25) is 17.4 Å². The molecule has 7 rings (SSSR count). The number of halogens is 4. The quantitative estimate of drug-likeness (QED) is 0.125.